The standard InChI is InChI=1S/C25H23FN2O5/c26-20-10-6-18(7-11-20)15-23(29)27-21-12-8-19(9-13-21)16-33-25(32)28-22(24(30)31)14-17-4-2-1-3-5-17/h1-13,22H,14-16H2,(H,27,29)(H,28,32)(H,30,31). The molecule has 2 amide bonds. The molecule has 0 fully saturated rings. The number of hydrogen-bond donors (Lipinski definition) is 3. The number of nitrogens with one attached hydrogen (secondary N) is 2. The van der Waals surface area contributed by atoms with E-state index in [-0.39, 0.29) is 31.2 Å². The van der Waals surface area contributed by atoms with E-state index in [2.05, 4.69) is 10.6 Å². The SMILES string of the molecule is O=C(Cc1ccc(F)cc1)Nc1ccc(COC(=O)NC(Cc2ccccc2)C(=O)O)cc1. The fourth-order valence-electron chi connectivity index (χ4n) is 3.06. The molecule has 0 saturated carbocycles. The molecule has 3 aromatic rings. The van der Waals surface area contributed by atoms with Gasteiger partial charge in [-0.05, 0) is 41.0 Å². The van der Waals surface area contributed by atoms with Crippen molar-refractivity contribution in [1.82, 2.24) is 5.32 Å². The van der Waals surface area contributed by atoms with Gasteiger partial charge in [0, 0.05) is 12.1 Å². The lowest BCUT2D eigenvalue weighted by molar-refractivity contribution is -0.139. The molecular formula is C25H23FN2O5. The topological polar surface area (TPSA) is 105 Å². The molecule has 3 rings (SSSR count). The number of hydrogen-bond acceptors (Lipinski definition) is 4. The molecule has 7 nitrogen and oxygen atoms in total. The predicted octanol–water partition coefficient (Wildman–Crippen LogP) is 3.93. The zero-order valence-corrected chi connectivity index (χ0v) is 17.7. The number of amides is 2. The molecule has 0 saturated heterocycles. The fourth-order valence-corrected chi connectivity index (χ4v) is 3.06. The van der Waals surface area contributed by atoms with Gasteiger partial charge in [-0.2, -0.15) is 0 Å². The summed E-state index contributed by atoms with van der Waals surface area (Å²) in [5.74, 6) is -1.76. The van der Waals surface area contributed by atoms with Gasteiger partial charge in [0.25, 0.3) is 0 Å². The van der Waals surface area contributed by atoms with Gasteiger partial charge in [0.2, 0.25) is 5.91 Å². The minimum absolute atomic E-state index is 0.0622. The van der Waals surface area contributed by atoms with E-state index in [9.17, 15) is 23.9 Å². The summed E-state index contributed by atoms with van der Waals surface area (Å²) >= 11 is 0. The van der Waals surface area contributed by atoms with E-state index in [1.165, 1.54) is 12.1 Å². The van der Waals surface area contributed by atoms with E-state index in [0.717, 1.165) is 5.56 Å². The molecule has 33 heavy (non-hydrogen) atoms. The number of alkyl carbamates (subject to hydrolysis) is 1. The monoisotopic (exact) mass is 450 g/mol. The Hall–Kier alpha value is -4.20. The highest BCUT2D eigenvalue weighted by molar-refractivity contribution is 5.92. The van der Waals surface area contributed by atoms with E-state index in [1.54, 1.807) is 60.7 Å². The van der Waals surface area contributed by atoms with Crippen LogP contribution in [-0.2, 0) is 33.8 Å². The molecule has 0 spiro atoms. The number of benzene rings is 3. The third-order valence-electron chi connectivity index (χ3n) is 4.76. The lowest BCUT2D eigenvalue weighted by Crippen LogP contribution is -2.42. The van der Waals surface area contributed by atoms with Crippen LogP contribution < -0.4 is 10.6 Å². The Morgan fingerprint density at radius 2 is 1.48 bits per heavy atom. The predicted molar refractivity (Wildman–Crippen MR) is 120 cm³/mol. The normalized spacial score (nSPS) is 11.3. The number of carboxylic acids is 1. The van der Waals surface area contributed by atoms with Crippen LogP contribution in [0.3, 0.4) is 0 Å². The van der Waals surface area contributed by atoms with Crippen molar-refractivity contribution in [1.29, 1.82) is 0 Å². The van der Waals surface area contributed by atoms with Crippen LogP contribution in [0, 0.1) is 5.82 Å². The number of rotatable bonds is 9. The maximum absolute atomic E-state index is 12.9. The molecule has 1 atom stereocenters. The number of anilines is 1. The lowest BCUT2D eigenvalue weighted by Gasteiger charge is -2.15. The molecule has 8 heteroatoms. The van der Waals surface area contributed by atoms with Crippen molar-refractivity contribution in [3.8, 4) is 0 Å². The highest BCUT2D eigenvalue weighted by Crippen LogP contribution is 2.12. The second-order valence-electron chi connectivity index (χ2n) is 7.35. The second-order valence-corrected chi connectivity index (χ2v) is 7.35. The van der Waals surface area contributed by atoms with E-state index in [0.29, 0.717) is 16.8 Å². The highest BCUT2D eigenvalue weighted by Gasteiger charge is 2.21. The Kier molecular flexibility index (Phi) is 8.13. The number of aliphatic carboxylic acids is 1. The smallest absolute Gasteiger partial charge is 0.408 e. The first-order valence-corrected chi connectivity index (χ1v) is 10.2. The van der Waals surface area contributed by atoms with E-state index in [4.69, 9.17) is 4.74 Å². The van der Waals surface area contributed by atoms with Crippen LogP contribution in [0.1, 0.15) is 16.7 Å². The summed E-state index contributed by atoms with van der Waals surface area (Å²) in [5.41, 5.74) is 2.69. The summed E-state index contributed by atoms with van der Waals surface area (Å²) in [6, 6.07) is 20.2. The summed E-state index contributed by atoms with van der Waals surface area (Å²) in [6.45, 7) is -0.0622. The van der Waals surface area contributed by atoms with Crippen molar-refractivity contribution in [2.24, 2.45) is 0 Å². The summed E-state index contributed by atoms with van der Waals surface area (Å²) in [6.07, 6.45) is -0.591. The van der Waals surface area contributed by atoms with Crippen LogP contribution in [0.5, 0.6) is 0 Å². The minimum Gasteiger partial charge on any atom is -0.480 e. The number of halogens is 1. The van der Waals surface area contributed by atoms with Crippen molar-refractivity contribution >= 4 is 23.7 Å². The summed E-state index contributed by atoms with van der Waals surface area (Å²) in [4.78, 5) is 35.6. The molecule has 170 valence electrons. The van der Waals surface area contributed by atoms with Gasteiger partial charge in [0.15, 0.2) is 0 Å². The first kappa shape index (κ1) is 23.5. The van der Waals surface area contributed by atoms with Crippen LogP contribution in [-0.4, -0.2) is 29.1 Å². The zero-order valence-electron chi connectivity index (χ0n) is 17.7. The molecule has 0 aliphatic heterocycles. The Morgan fingerprint density at radius 3 is 2.12 bits per heavy atom. The van der Waals surface area contributed by atoms with Crippen LogP contribution in [0.15, 0.2) is 78.9 Å². The highest BCUT2D eigenvalue weighted by atomic mass is 19.1. The molecule has 0 heterocycles. The van der Waals surface area contributed by atoms with Crippen LogP contribution >= 0.6 is 0 Å². The quantitative estimate of drug-likeness (QED) is 0.458. The van der Waals surface area contributed by atoms with Crippen molar-refractivity contribution in [3.63, 3.8) is 0 Å². The van der Waals surface area contributed by atoms with Crippen LogP contribution in [0.2, 0.25) is 0 Å². The minimum atomic E-state index is -1.16. The maximum Gasteiger partial charge on any atom is 0.408 e. The first-order valence-electron chi connectivity index (χ1n) is 10.2. The Morgan fingerprint density at radius 1 is 0.848 bits per heavy atom. The number of carboxylic acid groups (broad SMARTS) is 1. The Labute approximate surface area is 190 Å². The van der Waals surface area contributed by atoms with Gasteiger partial charge in [0.1, 0.15) is 18.5 Å². The molecule has 1 unspecified atom stereocenters. The Bertz CT molecular complexity index is 1090. The first-order chi connectivity index (χ1) is 15.9. The molecule has 3 aromatic carbocycles. The molecular weight excluding hydrogens is 427 g/mol. The maximum atomic E-state index is 12.9. The lowest BCUT2D eigenvalue weighted by atomic mass is 10.1. The average molecular weight is 450 g/mol. The summed E-state index contributed by atoms with van der Waals surface area (Å²) < 4.78 is 18.1. The molecule has 0 aliphatic carbocycles. The summed E-state index contributed by atoms with van der Waals surface area (Å²) in [5, 5.41) is 14.5. The number of carbonyl (C=O) groups excluding carboxylic acids is 2. The van der Waals surface area contributed by atoms with E-state index < -0.39 is 18.1 Å². The fraction of sp³-hybridized carbons (Fsp3) is 0.160. The van der Waals surface area contributed by atoms with Crippen molar-refractivity contribution in [2.45, 2.75) is 25.5 Å². The Balaban J connectivity index is 1.46. The van der Waals surface area contributed by atoms with Gasteiger partial charge < -0.3 is 20.5 Å². The summed E-state index contributed by atoms with van der Waals surface area (Å²) in [7, 11) is 0. The van der Waals surface area contributed by atoms with E-state index in [1.807, 2.05) is 6.07 Å². The van der Waals surface area contributed by atoms with Crippen molar-refractivity contribution < 1.29 is 28.6 Å². The van der Waals surface area contributed by atoms with Crippen LogP contribution in [0.25, 0.3) is 0 Å². The van der Waals surface area contributed by atoms with Gasteiger partial charge in [-0.1, -0.05) is 54.6 Å². The third kappa shape index (κ3) is 7.77. The van der Waals surface area contributed by atoms with Gasteiger partial charge >= 0.3 is 12.1 Å². The number of carbonyl (C=O) groups is 3. The average Bonchev–Trinajstić information content (AvgIpc) is 2.80. The van der Waals surface area contributed by atoms with Crippen molar-refractivity contribution in [3.05, 3.63) is 101 Å². The molecule has 0 radical (unpaired) electrons. The number of ether oxygens (including phenoxy) is 1. The molecule has 3 N–H and O–H groups in total. The largest absolute Gasteiger partial charge is 0.480 e. The van der Waals surface area contributed by atoms with Gasteiger partial charge in [-0.3, -0.25) is 4.79 Å². The molecule has 0 bridgehead atoms. The zero-order chi connectivity index (χ0) is 23.6. The van der Waals surface area contributed by atoms with Gasteiger partial charge in [0.05, 0.1) is 6.42 Å². The van der Waals surface area contributed by atoms with Gasteiger partial charge in [-0.25, -0.2) is 14.0 Å². The van der Waals surface area contributed by atoms with Gasteiger partial charge in [-0.15, -0.1) is 0 Å². The third-order valence-corrected chi connectivity index (χ3v) is 4.76. The van der Waals surface area contributed by atoms with Crippen LogP contribution in [0.4, 0.5) is 14.9 Å². The molecule has 0 aliphatic rings. The van der Waals surface area contributed by atoms with E-state index >= 15 is 0 Å². The van der Waals surface area contributed by atoms with Crippen molar-refractivity contribution in [2.75, 3.05) is 5.32 Å². The molecule has 0 aromatic heterocycles. The second kappa shape index (κ2) is 11.4.